The van der Waals surface area contributed by atoms with Gasteiger partial charge in [0.15, 0.2) is 17.1 Å². The largest absolute Gasteiger partial charge is 0.419 e. The van der Waals surface area contributed by atoms with Gasteiger partial charge in [0.25, 0.3) is 5.79 Å². The van der Waals surface area contributed by atoms with Gasteiger partial charge in [-0.05, 0) is 6.07 Å². The summed E-state index contributed by atoms with van der Waals surface area (Å²) in [7, 11) is 0. The summed E-state index contributed by atoms with van der Waals surface area (Å²) in [5.74, 6) is -3.61. The van der Waals surface area contributed by atoms with Crippen molar-refractivity contribution in [1.29, 1.82) is 0 Å². The first-order valence-electron chi connectivity index (χ1n) is 8.53. The molecular weight excluding hydrogens is 362 g/mol. The van der Waals surface area contributed by atoms with E-state index in [4.69, 9.17) is 9.47 Å². The van der Waals surface area contributed by atoms with Gasteiger partial charge in [0.05, 0.1) is 11.3 Å². The second-order valence-corrected chi connectivity index (χ2v) is 6.81. The zero-order valence-electron chi connectivity index (χ0n) is 15.1. The number of fused-ring (bicyclic) bond motifs is 2. The summed E-state index contributed by atoms with van der Waals surface area (Å²) in [6.07, 6.45) is 1.12. The van der Waals surface area contributed by atoms with E-state index >= 15 is 0 Å². The number of nitrogens with one attached hydrogen (secondary N) is 1. The molecule has 0 saturated carbocycles. The van der Waals surface area contributed by atoms with Crippen LogP contribution in [0.25, 0.3) is 0 Å². The Morgan fingerprint density at radius 1 is 0.786 bits per heavy atom. The summed E-state index contributed by atoms with van der Waals surface area (Å²) in [4.78, 5) is 49.8. The minimum Gasteiger partial charge on any atom is -0.419 e. The fraction of sp³-hybridized carbons (Fsp3) is 0.143. The molecule has 4 rings (SSSR count). The second-order valence-electron chi connectivity index (χ2n) is 6.81. The molecule has 0 spiro atoms. The summed E-state index contributed by atoms with van der Waals surface area (Å²) < 4.78 is 10.1. The maximum atomic E-state index is 12.9. The molecule has 1 N–H and O–H groups in total. The molecule has 28 heavy (non-hydrogen) atoms. The van der Waals surface area contributed by atoms with Crippen LogP contribution in [-0.2, 0) is 19.1 Å². The summed E-state index contributed by atoms with van der Waals surface area (Å²) in [5, 5.41) is 2.78. The minimum absolute atomic E-state index is 0.181. The Balaban J connectivity index is 1.72. The molecule has 0 aromatic heterocycles. The predicted octanol–water partition coefficient (Wildman–Crippen LogP) is 2.59. The van der Waals surface area contributed by atoms with Crippen LogP contribution in [0.4, 0.5) is 5.69 Å². The standard InChI is InChI=1S/C21H15NO6/c1-21(2)27-19(25)14(20(26)28-21)10-22-15-9-5-8-13-16(15)18(24)12-7-4-3-6-11(12)17(13)23/h3-10,22H,1-2H3. The van der Waals surface area contributed by atoms with Gasteiger partial charge in [-0.15, -0.1) is 0 Å². The lowest BCUT2D eigenvalue weighted by molar-refractivity contribution is -0.222. The molecule has 1 aliphatic carbocycles. The maximum absolute atomic E-state index is 12.9. The molecule has 7 heteroatoms. The molecule has 7 nitrogen and oxygen atoms in total. The Labute approximate surface area is 159 Å². The Morgan fingerprint density at radius 3 is 2.00 bits per heavy atom. The molecule has 1 saturated heterocycles. The van der Waals surface area contributed by atoms with Crippen molar-refractivity contribution in [1.82, 2.24) is 0 Å². The molecule has 2 aromatic carbocycles. The zero-order valence-corrected chi connectivity index (χ0v) is 15.1. The number of hydrogen-bond donors (Lipinski definition) is 1. The number of cyclic esters (lactones) is 2. The molecule has 1 aliphatic heterocycles. The first-order chi connectivity index (χ1) is 13.3. The van der Waals surface area contributed by atoms with Gasteiger partial charge in [-0.2, -0.15) is 0 Å². The minimum atomic E-state index is -1.34. The normalized spacial score (nSPS) is 17.3. The van der Waals surface area contributed by atoms with Crippen molar-refractivity contribution in [2.45, 2.75) is 19.6 Å². The van der Waals surface area contributed by atoms with E-state index in [2.05, 4.69) is 5.32 Å². The number of carbonyl (C=O) groups is 4. The van der Waals surface area contributed by atoms with Gasteiger partial charge in [-0.3, -0.25) is 9.59 Å². The van der Waals surface area contributed by atoms with Gasteiger partial charge in [-0.1, -0.05) is 36.4 Å². The van der Waals surface area contributed by atoms with E-state index in [1.54, 1.807) is 42.5 Å². The maximum Gasteiger partial charge on any atom is 0.350 e. The number of esters is 2. The van der Waals surface area contributed by atoms with Crippen molar-refractivity contribution in [3.63, 3.8) is 0 Å². The van der Waals surface area contributed by atoms with Gasteiger partial charge in [-0.25, -0.2) is 9.59 Å². The molecule has 2 aromatic rings. The zero-order chi connectivity index (χ0) is 20.1. The van der Waals surface area contributed by atoms with E-state index < -0.39 is 17.7 Å². The Kier molecular flexibility index (Phi) is 3.88. The summed E-state index contributed by atoms with van der Waals surface area (Å²) in [6.45, 7) is 2.89. The lowest BCUT2D eigenvalue weighted by atomic mass is 9.83. The SMILES string of the molecule is CC1(C)OC(=O)C(=CNc2cccc3c2C(=O)c2ccccc2C3=O)C(=O)O1. The fourth-order valence-electron chi connectivity index (χ4n) is 3.19. The number of rotatable bonds is 2. The third kappa shape index (κ3) is 2.77. The average Bonchev–Trinajstić information content (AvgIpc) is 2.64. The van der Waals surface area contributed by atoms with Crippen LogP contribution in [-0.4, -0.2) is 29.3 Å². The monoisotopic (exact) mass is 377 g/mol. The van der Waals surface area contributed by atoms with Crippen molar-refractivity contribution in [3.05, 3.63) is 76.5 Å². The van der Waals surface area contributed by atoms with Gasteiger partial charge in [0.2, 0.25) is 0 Å². The third-order valence-electron chi connectivity index (χ3n) is 4.44. The number of anilines is 1. The van der Waals surface area contributed by atoms with Crippen molar-refractivity contribution in [2.24, 2.45) is 0 Å². The van der Waals surface area contributed by atoms with Crippen LogP contribution in [0.2, 0.25) is 0 Å². The Morgan fingerprint density at radius 2 is 1.36 bits per heavy atom. The van der Waals surface area contributed by atoms with Crippen molar-refractivity contribution < 1.29 is 28.7 Å². The predicted molar refractivity (Wildman–Crippen MR) is 97.7 cm³/mol. The smallest absolute Gasteiger partial charge is 0.350 e. The van der Waals surface area contributed by atoms with Crippen LogP contribution >= 0.6 is 0 Å². The number of ketones is 2. The molecule has 0 atom stereocenters. The van der Waals surface area contributed by atoms with E-state index in [-0.39, 0.29) is 28.3 Å². The highest BCUT2D eigenvalue weighted by Gasteiger charge is 2.39. The summed E-state index contributed by atoms with van der Waals surface area (Å²) in [5.41, 5.74) is 1.04. The van der Waals surface area contributed by atoms with E-state index in [9.17, 15) is 19.2 Å². The highest BCUT2D eigenvalue weighted by molar-refractivity contribution is 6.30. The molecule has 1 heterocycles. The number of ether oxygens (including phenoxy) is 2. The Hall–Kier alpha value is -3.74. The van der Waals surface area contributed by atoms with Crippen molar-refractivity contribution in [3.8, 4) is 0 Å². The molecule has 2 aliphatic rings. The molecule has 0 unspecified atom stereocenters. The second kappa shape index (κ2) is 6.16. The molecule has 140 valence electrons. The van der Waals surface area contributed by atoms with Crippen molar-refractivity contribution >= 4 is 29.2 Å². The van der Waals surface area contributed by atoms with Gasteiger partial charge in [0.1, 0.15) is 0 Å². The topological polar surface area (TPSA) is 98.8 Å². The van der Waals surface area contributed by atoms with Gasteiger partial charge >= 0.3 is 11.9 Å². The highest BCUT2D eigenvalue weighted by Crippen LogP contribution is 2.32. The molecule has 0 amide bonds. The molecular formula is C21H15NO6. The number of hydrogen-bond acceptors (Lipinski definition) is 7. The lowest BCUT2D eigenvalue weighted by Gasteiger charge is -2.29. The van der Waals surface area contributed by atoms with E-state index in [0.717, 1.165) is 6.20 Å². The fourth-order valence-corrected chi connectivity index (χ4v) is 3.19. The van der Waals surface area contributed by atoms with E-state index in [1.807, 2.05) is 0 Å². The first kappa shape index (κ1) is 17.7. The molecule has 0 bridgehead atoms. The van der Waals surface area contributed by atoms with Crippen molar-refractivity contribution in [2.75, 3.05) is 5.32 Å². The van der Waals surface area contributed by atoms with Crippen LogP contribution in [0, 0.1) is 0 Å². The van der Waals surface area contributed by atoms with E-state index in [1.165, 1.54) is 13.8 Å². The lowest BCUT2D eigenvalue weighted by Crippen LogP contribution is -2.42. The quantitative estimate of drug-likeness (QED) is 0.416. The third-order valence-corrected chi connectivity index (χ3v) is 4.44. The summed E-state index contributed by atoms with van der Waals surface area (Å²) in [6, 6.07) is 11.3. The van der Waals surface area contributed by atoms with Crippen LogP contribution < -0.4 is 5.32 Å². The molecule has 0 radical (unpaired) electrons. The van der Waals surface area contributed by atoms with Gasteiger partial charge in [0, 0.05) is 36.7 Å². The van der Waals surface area contributed by atoms with Gasteiger partial charge < -0.3 is 14.8 Å². The van der Waals surface area contributed by atoms with Crippen LogP contribution in [0.1, 0.15) is 45.7 Å². The highest BCUT2D eigenvalue weighted by atomic mass is 16.7. The Bertz CT molecular complexity index is 1070. The summed E-state index contributed by atoms with van der Waals surface area (Å²) >= 11 is 0. The van der Waals surface area contributed by atoms with E-state index in [0.29, 0.717) is 16.8 Å². The first-order valence-corrected chi connectivity index (χ1v) is 8.53. The average molecular weight is 377 g/mol. The van der Waals surface area contributed by atoms with Crippen LogP contribution in [0.3, 0.4) is 0 Å². The number of carbonyl (C=O) groups excluding carboxylic acids is 4. The van der Waals surface area contributed by atoms with Crippen LogP contribution in [0.15, 0.2) is 54.2 Å². The number of benzene rings is 2. The van der Waals surface area contributed by atoms with Crippen LogP contribution in [0.5, 0.6) is 0 Å². The molecule has 1 fully saturated rings.